The number of rotatable bonds is 4. The van der Waals surface area contributed by atoms with Gasteiger partial charge in [0.25, 0.3) is 0 Å². The van der Waals surface area contributed by atoms with Gasteiger partial charge in [0, 0.05) is 28.7 Å². The van der Waals surface area contributed by atoms with Gasteiger partial charge >= 0.3 is 0 Å². The van der Waals surface area contributed by atoms with E-state index in [1.54, 1.807) is 24.2 Å². The van der Waals surface area contributed by atoms with Crippen LogP contribution in [0.2, 0.25) is 5.02 Å². The number of nitrogens with zero attached hydrogens (tertiary/aromatic N) is 2. The molecule has 7 heteroatoms. The molecule has 1 heterocycles. The Hall–Kier alpha value is -2.57. The van der Waals surface area contributed by atoms with Crippen LogP contribution in [0.4, 0.5) is 5.69 Å². The molecule has 24 heavy (non-hydrogen) atoms. The number of benzene rings is 2. The van der Waals surface area contributed by atoms with E-state index in [-0.39, 0.29) is 0 Å². The molecular formula is C17H15ClN4OS. The average Bonchev–Trinajstić information content (AvgIpc) is 3.04. The van der Waals surface area contributed by atoms with E-state index in [9.17, 15) is 0 Å². The molecule has 0 radical (unpaired) electrons. The van der Waals surface area contributed by atoms with Crippen molar-refractivity contribution < 1.29 is 4.74 Å². The Morgan fingerprint density at radius 3 is 2.50 bits per heavy atom. The number of anilines is 1. The van der Waals surface area contributed by atoms with E-state index in [1.807, 2.05) is 48.5 Å². The fourth-order valence-corrected chi connectivity index (χ4v) is 2.49. The first-order valence-electron chi connectivity index (χ1n) is 7.17. The minimum atomic E-state index is 0.452. The van der Waals surface area contributed by atoms with Crippen molar-refractivity contribution in [2.75, 3.05) is 17.9 Å². The molecule has 0 bridgehead atoms. The van der Waals surface area contributed by atoms with Crippen LogP contribution in [0, 0.1) is 0 Å². The van der Waals surface area contributed by atoms with Gasteiger partial charge in [-0.1, -0.05) is 11.6 Å². The van der Waals surface area contributed by atoms with Crippen LogP contribution in [0.15, 0.2) is 60.9 Å². The van der Waals surface area contributed by atoms with Crippen LogP contribution < -0.4 is 15.5 Å². The summed E-state index contributed by atoms with van der Waals surface area (Å²) < 4.78 is 6.89. The first kappa shape index (κ1) is 16.3. The number of thiocarbonyl (C=S) groups is 1. The van der Waals surface area contributed by atoms with Gasteiger partial charge in [-0.25, -0.2) is 9.66 Å². The zero-order chi connectivity index (χ0) is 16.9. The Labute approximate surface area is 150 Å². The minimum Gasteiger partial charge on any atom is -0.497 e. The SMILES string of the molecule is COc1ccc(NC(=S)Nn2ccnc2-c2ccc(Cl)cc2)cc1. The highest BCUT2D eigenvalue weighted by Crippen LogP contribution is 2.19. The van der Waals surface area contributed by atoms with E-state index in [1.165, 1.54) is 0 Å². The molecule has 5 nitrogen and oxygen atoms in total. The Kier molecular flexibility index (Phi) is 4.98. The van der Waals surface area contributed by atoms with E-state index in [2.05, 4.69) is 15.7 Å². The zero-order valence-electron chi connectivity index (χ0n) is 12.9. The van der Waals surface area contributed by atoms with Gasteiger partial charge in [-0.2, -0.15) is 0 Å². The van der Waals surface area contributed by atoms with Crippen molar-refractivity contribution in [1.29, 1.82) is 0 Å². The van der Waals surface area contributed by atoms with Crippen molar-refractivity contribution in [2.45, 2.75) is 0 Å². The summed E-state index contributed by atoms with van der Waals surface area (Å²) in [5.74, 6) is 1.53. The van der Waals surface area contributed by atoms with E-state index >= 15 is 0 Å². The lowest BCUT2D eigenvalue weighted by atomic mass is 10.2. The predicted molar refractivity (Wildman–Crippen MR) is 101 cm³/mol. The Morgan fingerprint density at radius 1 is 1.12 bits per heavy atom. The first-order chi connectivity index (χ1) is 11.7. The van der Waals surface area contributed by atoms with Gasteiger partial charge in [-0.15, -0.1) is 0 Å². The standard InChI is InChI=1S/C17H15ClN4OS/c1-23-15-8-6-14(7-9-15)20-17(24)21-22-11-10-19-16(22)12-2-4-13(18)5-3-12/h2-11H,1H3,(H2,20,21,24). The topological polar surface area (TPSA) is 51.1 Å². The quantitative estimate of drug-likeness (QED) is 0.686. The zero-order valence-corrected chi connectivity index (χ0v) is 14.4. The molecule has 3 aromatic rings. The van der Waals surface area contributed by atoms with Crippen molar-refractivity contribution in [3.63, 3.8) is 0 Å². The first-order valence-corrected chi connectivity index (χ1v) is 7.95. The molecule has 0 atom stereocenters. The average molecular weight is 359 g/mol. The third-order valence-electron chi connectivity index (χ3n) is 3.31. The molecule has 0 saturated carbocycles. The predicted octanol–water partition coefficient (Wildman–Crippen LogP) is 4.15. The van der Waals surface area contributed by atoms with Gasteiger partial charge in [-0.3, -0.25) is 5.43 Å². The number of ether oxygens (including phenoxy) is 1. The summed E-state index contributed by atoms with van der Waals surface area (Å²) in [6.07, 6.45) is 3.50. The molecule has 0 aliphatic heterocycles. The molecule has 0 aliphatic carbocycles. The number of aromatic nitrogens is 2. The second-order valence-electron chi connectivity index (χ2n) is 4.92. The summed E-state index contributed by atoms with van der Waals surface area (Å²) in [7, 11) is 1.63. The molecule has 122 valence electrons. The summed E-state index contributed by atoms with van der Waals surface area (Å²) >= 11 is 11.3. The van der Waals surface area contributed by atoms with Gasteiger partial charge in [0.05, 0.1) is 7.11 Å². The molecule has 2 aromatic carbocycles. The molecule has 2 N–H and O–H groups in total. The van der Waals surface area contributed by atoms with Crippen LogP contribution in [-0.2, 0) is 0 Å². The van der Waals surface area contributed by atoms with E-state index in [4.69, 9.17) is 28.6 Å². The van der Waals surface area contributed by atoms with Gasteiger partial charge in [0.15, 0.2) is 10.9 Å². The minimum absolute atomic E-state index is 0.452. The van der Waals surface area contributed by atoms with Crippen LogP contribution in [-0.4, -0.2) is 21.9 Å². The van der Waals surface area contributed by atoms with Crippen molar-refractivity contribution >= 4 is 34.6 Å². The highest BCUT2D eigenvalue weighted by molar-refractivity contribution is 7.80. The maximum Gasteiger partial charge on any atom is 0.190 e. The number of imidazole rings is 1. The van der Waals surface area contributed by atoms with Gasteiger partial charge in [-0.05, 0) is 60.7 Å². The molecular weight excluding hydrogens is 344 g/mol. The third kappa shape index (κ3) is 3.84. The van der Waals surface area contributed by atoms with Crippen LogP contribution in [0.25, 0.3) is 11.4 Å². The number of hydrogen-bond donors (Lipinski definition) is 2. The lowest BCUT2D eigenvalue weighted by Crippen LogP contribution is -2.27. The fourth-order valence-electron chi connectivity index (χ4n) is 2.15. The maximum atomic E-state index is 5.93. The number of methoxy groups -OCH3 is 1. The Morgan fingerprint density at radius 2 is 1.83 bits per heavy atom. The maximum absolute atomic E-state index is 5.93. The van der Waals surface area contributed by atoms with E-state index in [0.717, 1.165) is 22.8 Å². The summed E-state index contributed by atoms with van der Waals surface area (Å²) in [5.41, 5.74) is 4.89. The molecule has 0 aliphatic rings. The van der Waals surface area contributed by atoms with Gasteiger partial charge < -0.3 is 10.1 Å². The Bertz CT molecular complexity index is 831. The number of hydrogen-bond acceptors (Lipinski definition) is 3. The monoisotopic (exact) mass is 358 g/mol. The third-order valence-corrected chi connectivity index (χ3v) is 3.76. The normalized spacial score (nSPS) is 10.2. The largest absolute Gasteiger partial charge is 0.497 e. The summed E-state index contributed by atoms with van der Waals surface area (Å²) in [6, 6.07) is 15.0. The Balaban J connectivity index is 1.70. The highest BCUT2D eigenvalue weighted by atomic mass is 35.5. The molecule has 3 rings (SSSR count). The summed E-state index contributed by atoms with van der Waals surface area (Å²) in [5, 5.41) is 4.25. The van der Waals surface area contributed by atoms with Crippen LogP contribution >= 0.6 is 23.8 Å². The number of nitrogens with one attached hydrogen (secondary N) is 2. The van der Waals surface area contributed by atoms with Crippen molar-refractivity contribution in [1.82, 2.24) is 9.66 Å². The molecule has 0 amide bonds. The molecule has 0 spiro atoms. The lowest BCUT2D eigenvalue weighted by molar-refractivity contribution is 0.415. The molecule has 0 saturated heterocycles. The van der Waals surface area contributed by atoms with Crippen molar-refractivity contribution in [3.05, 3.63) is 65.9 Å². The smallest absolute Gasteiger partial charge is 0.190 e. The van der Waals surface area contributed by atoms with Crippen LogP contribution in [0.1, 0.15) is 0 Å². The van der Waals surface area contributed by atoms with E-state index in [0.29, 0.717) is 10.1 Å². The molecule has 1 aromatic heterocycles. The summed E-state index contributed by atoms with van der Waals surface area (Å²) in [4.78, 5) is 4.35. The highest BCUT2D eigenvalue weighted by Gasteiger charge is 2.07. The second-order valence-corrected chi connectivity index (χ2v) is 5.77. The van der Waals surface area contributed by atoms with Crippen molar-refractivity contribution in [2.24, 2.45) is 0 Å². The van der Waals surface area contributed by atoms with Gasteiger partial charge in [0.2, 0.25) is 0 Å². The second kappa shape index (κ2) is 7.33. The molecule has 0 unspecified atom stereocenters. The van der Waals surface area contributed by atoms with Gasteiger partial charge in [0.1, 0.15) is 5.75 Å². The number of halogens is 1. The van der Waals surface area contributed by atoms with Crippen LogP contribution in [0.3, 0.4) is 0 Å². The summed E-state index contributed by atoms with van der Waals surface area (Å²) in [6.45, 7) is 0. The van der Waals surface area contributed by atoms with Crippen molar-refractivity contribution in [3.8, 4) is 17.1 Å². The van der Waals surface area contributed by atoms with E-state index < -0.39 is 0 Å². The molecule has 0 fully saturated rings. The lowest BCUT2D eigenvalue weighted by Gasteiger charge is -2.13. The fraction of sp³-hybridized carbons (Fsp3) is 0.0588. The van der Waals surface area contributed by atoms with Crippen LogP contribution in [0.5, 0.6) is 5.75 Å².